The minimum absolute atomic E-state index is 0.700. The molecule has 0 heterocycles. The van der Waals surface area contributed by atoms with Crippen LogP contribution in [0.5, 0.6) is 0 Å². The first-order chi connectivity index (χ1) is 7.85. The topological polar surface area (TPSA) is 30.5 Å². The van der Waals surface area contributed by atoms with Crippen LogP contribution in [0.25, 0.3) is 0 Å². The van der Waals surface area contributed by atoms with E-state index in [9.17, 15) is 0 Å². The fourth-order valence-electron chi connectivity index (χ4n) is 1.46. The van der Waals surface area contributed by atoms with Gasteiger partial charge >= 0.3 is 0 Å². The van der Waals surface area contributed by atoms with Gasteiger partial charge in [0.1, 0.15) is 0 Å². The van der Waals surface area contributed by atoms with Crippen LogP contribution in [-0.2, 0) is 9.47 Å². The highest BCUT2D eigenvalue weighted by molar-refractivity contribution is 6.17. The molecule has 0 aliphatic carbocycles. The summed E-state index contributed by atoms with van der Waals surface area (Å²) in [5.74, 6) is 1.46. The zero-order chi connectivity index (χ0) is 12.1. The predicted molar refractivity (Wildman–Crippen MR) is 69.3 cm³/mol. The van der Waals surface area contributed by atoms with Gasteiger partial charge in [-0.1, -0.05) is 13.3 Å². The predicted octanol–water partition coefficient (Wildman–Crippen LogP) is 2.28. The van der Waals surface area contributed by atoms with Crippen LogP contribution in [-0.4, -0.2) is 45.9 Å². The lowest BCUT2D eigenvalue weighted by atomic mass is 10.0. The molecule has 0 aromatic rings. The molecule has 0 saturated carbocycles. The highest BCUT2D eigenvalue weighted by atomic mass is 35.5. The number of ether oxygens (including phenoxy) is 2. The molecule has 0 fully saturated rings. The van der Waals surface area contributed by atoms with Crippen molar-refractivity contribution in [3.8, 4) is 0 Å². The van der Waals surface area contributed by atoms with Crippen molar-refractivity contribution in [2.45, 2.75) is 26.2 Å². The highest BCUT2D eigenvalue weighted by Crippen LogP contribution is 2.07. The van der Waals surface area contributed by atoms with E-state index in [0.29, 0.717) is 5.92 Å². The van der Waals surface area contributed by atoms with Crippen molar-refractivity contribution in [2.24, 2.45) is 5.92 Å². The van der Waals surface area contributed by atoms with Crippen molar-refractivity contribution >= 4 is 11.6 Å². The van der Waals surface area contributed by atoms with E-state index in [4.69, 9.17) is 21.1 Å². The van der Waals surface area contributed by atoms with E-state index in [0.717, 1.165) is 51.6 Å². The maximum Gasteiger partial charge on any atom is 0.0590 e. The summed E-state index contributed by atoms with van der Waals surface area (Å²) in [4.78, 5) is 0. The summed E-state index contributed by atoms with van der Waals surface area (Å²) in [6, 6.07) is 0. The minimum atomic E-state index is 0.700. The van der Waals surface area contributed by atoms with Crippen LogP contribution in [0.2, 0.25) is 0 Å². The van der Waals surface area contributed by atoms with E-state index in [1.54, 1.807) is 7.11 Å². The SMILES string of the molecule is CCC(CCCl)CNCCOCCCOC. The summed E-state index contributed by atoms with van der Waals surface area (Å²) < 4.78 is 10.4. The minimum Gasteiger partial charge on any atom is -0.385 e. The molecule has 0 bridgehead atoms. The molecule has 0 radical (unpaired) electrons. The normalized spacial score (nSPS) is 12.9. The molecule has 1 N–H and O–H groups in total. The number of methoxy groups -OCH3 is 1. The van der Waals surface area contributed by atoms with E-state index < -0.39 is 0 Å². The van der Waals surface area contributed by atoms with Gasteiger partial charge in [-0.05, 0) is 25.3 Å². The van der Waals surface area contributed by atoms with Crippen LogP contribution < -0.4 is 5.32 Å². The van der Waals surface area contributed by atoms with Crippen molar-refractivity contribution in [1.29, 1.82) is 0 Å². The monoisotopic (exact) mass is 251 g/mol. The molecule has 3 nitrogen and oxygen atoms in total. The van der Waals surface area contributed by atoms with E-state index in [2.05, 4.69) is 12.2 Å². The Morgan fingerprint density at radius 1 is 1.25 bits per heavy atom. The fourth-order valence-corrected chi connectivity index (χ4v) is 1.77. The molecule has 1 atom stereocenters. The van der Waals surface area contributed by atoms with Crippen LogP contribution in [0.1, 0.15) is 26.2 Å². The molecule has 98 valence electrons. The zero-order valence-corrected chi connectivity index (χ0v) is 11.4. The highest BCUT2D eigenvalue weighted by Gasteiger charge is 2.03. The zero-order valence-electron chi connectivity index (χ0n) is 10.6. The summed E-state index contributed by atoms with van der Waals surface area (Å²) in [6.45, 7) is 6.52. The molecule has 4 heteroatoms. The maximum atomic E-state index is 5.72. The first-order valence-electron chi connectivity index (χ1n) is 6.18. The summed E-state index contributed by atoms with van der Waals surface area (Å²) in [6.07, 6.45) is 3.26. The molecule has 16 heavy (non-hydrogen) atoms. The summed E-state index contributed by atoms with van der Waals surface area (Å²) in [5.41, 5.74) is 0. The third-order valence-corrected chi connectivity index (χ3v) is 2.81. The molecule has 1 unspecified atom stereocenters. The van der Waals surface area contributed by atoms with Gasteiger partial charge in [-0.15, -0.1) is 11.6 Å². The van der Waals surface area contributed by atoms with Crippen molar-refractivity contribution in [3.63, 3.8) is 0 Å². The molecule has 0 aliphatic rings. The standard InChI is InChI=1S/C12H26ClNO2/c1-3-12(5-6-13)11-14-7-10-16-9-4-8-15-2/h12,14H,3-11H2,1-2H3. The first kappa shape index (κ1) is 16.2. The fraction of sp³-hybridized carbons (Fsp3) is 1.00. The molecule has 0 amide bonds. The Kier molecular flexibility index (Phi) is 13.4. The van der Waals surface area contributed by atoms with Crippen LogP contribution in [0.15, 0.2) is 0 Å². The maximum absolute atomic E-state index is 5.72. The summed E-state index contributed by atoms with van der Waals surface area (Å²) in [5, 5.41) is 3.40. The largest absolute Gasteiger partial charge is 0.385 e. The molecule has 0 aromatic heterocycles. The van der Waals surface area contributed by atoms with Crippen LogP contribution >= 0.6 is 11.6 Å². The second-order valence-corrected chi connectivity index (χ2v) is 4.29. The number of nitrogens with one attached hydrogen (secondary N) is 1. The lowest BCUT2D eigenvalue weighted by molar-refractivity contribution is 0.104. The van der Waals surface area contributed by atoms with Crippen LogP contribution in [0.4, 0.5) is 0 Å². The number of hydrogen-bond acceptors (Lipinski definition) is 3. The van der Waals surface area contributed by atoms with Crippen LogP contribution in [0, 0.1) is 5.92 Å². The molecular formula is C12H26ClNO2. The van der Waals surface area contributed by atoms with Gasteiger partial charge in [-0.25, -0.2) is 0 Å². The average Bonchev–Trinajstić information content (AvgIpc) is 2.31. The number of rotatable bonds is 12. The second-order valence-electron chi connectivity index (χ2n) is 3.91. The third kappa shape index (κ3) is 10.7. The van der Waals surface area contributed by atoms with E-state index >= 15 is 0 Å². The molecule has 0 aromatic carbocycles. The van der Waals surface area contributed by atoms with Gasteiger partial charge in [0, 0.05) is 32.7 Å². The van der Waals surface area contributed by atoms with Gasteiger partial charge in [0.25, 0.3) is 0 Å². The molecule has 0 rings (SSSR count). The number of halogens is 1. The van der Waals surface area contributed by atoms with Gasteiger partial charge in [0.2, 0.25) is 0 Å². The molecular weight excluding hydrogens is 226 g/mol. The number of alkyl halides is 1. The van der Waals surface area contributed by atoms with Gasteiger partial charge in [0.05, 0.1) is 6.61 Å². The Hall–Kier alpha value is 0.170. The second kappa shape index (κ2) is 13.2. The Bertz CT molecular complexity index is 136. The lowest BCUT2D eigenvalue weighted by Crippen LogP contribution is -2.26. The lowest BCUT2D eigenvalue weighted by Gasteiger charge is -2.14. The van der Waals surface area contributed by atoms with Crippen molar-refractivity contribution < 1.29 is 9.47 Å². The summed E-state index contributed by atoms with van der Waals surface area (Å²) >= 11 is 5.72. The Morgan fingerprint density at radius 3 is 2.69 bits per heavy atom. The Labute approximate surface area is 105 Å². The van der Waals surface area contributed by atoms with Crippen molar-refractivity contribution in [3.05, 3.63) is 0 Å². The Balaban J connectivity index is 3.12. The van der Waals surface area contributed by atoms with Gasteiger partial charge in [-0.3, -0.25) is 0 Å². The Morgan fingerprint density at radius 2 is 2.06 bits per heavy atom. The van der Waals surface area contributed by atoms with Crippen molar-refractivity contribution in [2.75, 3.05) is 45.9 Å². The molecule has 0 aliphatic heterocycles. The van der Waals surface area contributed by atoms with Gasteiger partial charge in [-0.2, -0.15) is 0 Å². The van der Waals surface area contributed by atoms with E-state index in [1.807, 2.05) is 0 Å². The van der Waals surface area contributed by atoms with Gasteiger partial charge in [0.15, 0.2) is 0 Å². The smallest absolute Gasteiger partial charge is 0.0590 e. The third-order valence-electron chi connectivity index (χ3n) is 2.59. The van der Waals surface area contributed by atoms with E-state index in [-0.39, 0.29) is 0 Å². The van der Waals surface area contributed by atoms with Gasteiger partial charge < -0.3 is 14.8 Å². The van der Waals surface area contributed by atoms with Crippen molar-refractivity contribution in [1.82, 2.24) is 5.32 Å². The van der Waals surface area contributed by atoms with E-state index in [1.165, 1.54) is 6.42 Å². The number of hydrogen-bond donors (Lipinski definition) is 1. The molecule has 0 spiro atoms. The first-order valence-corrected chi connectivity index (χ1v) is 6.72. The molecule has 0 saturated heterocycles. The average molecular weight is 252 g/mol. The summed E-state index contributed by atoms with van der Waals surface area (Å²) in [7, 11) is 1.71. The quantitative estimate of drug-likeness (QED) is 0.427. The van der Waals surface area contributed by atoms with Crippen LogP contribution in [0.3, 0.4) is 0 Å².